The molecular formula is C20H23FN2O2S. The van der Waals surface area contributed by atoms with Gasteiger partial charge in [0.05, 0.1) is 12.2 Å². The number of hydrogen-bond acceptors (Lipinski definition) is 4. The number of amides is 1. The van der Waals surface area contributed by atoms with Crippen LogP contribution in [0.25, 0.3) is 0 Å². The third kappa shape index (κ3) is 6.90. The van der Waals surface area contributed by atoms with Crippen LogP contribution in [0.3, 0.4) is 0 Å². The van der Waals surface area contributed by atoms with Crippen LogP contribution in [0.2, 0.25) is 0 Å². The predicted molar refractivity (Wildman–Crippen MR) is 105 cm³/mol. The Morgan fingerprint density at radius 2 is 2.00 bits per heavy atom. The van der Waals surface area contributed by atoms with Crippen molar-refractivity contribution in [1.82, 2.24) is 4.90 Å². The molecule has 0 saturated carbocycles. The van der Waals surface area contributed by atoms with E-state index in [2.05, 4.69) is 11.9 Å². The van der Waals surface area contributed by atoms with Gasteiger partial charge in [0, 0.05) is 17.2 Å². The molecule has 0 spiro atoms. The van der Waals surface area contributed by atoms with Crippen molar-refractivity contribution >= 4 is 23.4 Å². The Kier molecular flexibility index (Phi) is 8.18. The van der Waals surface area contributed by atoms with E-state index in [1.165, 1.54) is 12.1 Å². The van der Waals surface area contributed by atoms with Gasteiger partial charge in [0.25, 0.3) is 0 Å². The zero-order valence-corrected chi connectivity index (χ0v) is 15.6. The molecule has 26 heavy (non-hydrogen) atoms. The number of nitrogens with one attached hydrogen (secondary N) is 1. The lowest BCUT2D eigenvalue weighted by molar-refractivity contribution is -0.117. The van der Waals surface area contributed by atoms with Gasteiger partial charge in [-0.3, -0.25) is 9.69 Å². The lowest BCUT2D eigenvalue weighted by atomic mass is 10.3. The van der Waals surface area contributed by atoms with E-state index in [1.807, 2.05) is 42.3 Å². The minimum Gasteiger partial charge on any atom is -0.492 e. The molecule has 1 N–H and O–H groups in total. The summed E-state index contributed by atoms with van der Waals surface area (Å²) < 4.78 is 18.4. The molecule has 0 unspecified atom stereocenters. The lowest BCUT2D eigenvalue weighted by Gasteiger charge is -2.17. The first-order valence-corrected chi connectivity index (χ1v) is 9.26. The SMILES string of the molecule is C=CCSc1ccccc1NC(=O)CN(C)CCOc1ccc(F)cc1. The van der Waals surface area contributed by atoms with Crippen molar-refractivity contribution < 1.29 is 13.9 Å². The molecule has 0 aliphatic heterocycles. The van der Waals surface area contributed by atoms with E-state index in [1.54, 1.807) is 23.9 Å². The zero-order valence-electron chi connectivity index (χ0n) is 14.8. The summed E-state index contributed by atoms with van der Waals surface area (Å²) in [5.74, 6) is 1.02. The quantitative estimate of drug-likeness (QED) is 0.503. The van der Waals surface area contributed by atoms with E-state index in [0.717, 1.165) is 16.3 Å². The molecule has 0 saturated heterocycles. The van der Waals surface area contributed by atoms with Crippen LogP contribution < -0.4 is 10.1 Å². The van der Waals surface area contributed by atoms with Crippen LogP contribution in [0.4, 0.5) is 10.1 Å². The van der Waals surface area contributed by atoms with Crippen LogP contribution in [0.1, 0.15) is 0 Å². The Hall–Kier alpha value is -2.31. The van der Waals surface area contributed by atoms with Gasteiger partial charge >= 0.3 is 0 Å². The number of hydrogen-bond donors (Lipinski definition) is 1. The highest BCUT2D eigenvalue weighted by Gasteiger charge is 2.09. The monoisotopic (exact) mass is 374 g/mol. The van der Waals surface area contributed by atoms with Gasteiger partial charge in [-0.25, -0.2) is 4.39 Å². The number of rotatable bonds is 10. The number of carbonyl (C=O) groups is 1. The van der Waals surface area contributed by atoms with Gasteiger partial charge in [0.1, 0.15) is 18.2 Å². The highest BCUT2D eigenvalue weighted by Crippen LogP contribution is 2.26. The molecule has 0 aromatic heterocycles. The zero-order chi connectivity index (χ0) is 18.8. The molecule has 1 amide bonds. The maximum Gasteiger partial charge on any atom is 0.238 e. The molecule has 0 bridgehead atoms. The Morgan fingerprint density at radius 1 is 1.27 bits per heavy atom. The largest absolute Gasteiger partial charge is 0.492 e. The van der Waals surface area contributed by atoms with Crippen LogP contribution in [0.5, 0.6) is 5.75 Å². The number of nitrogens with zero attached hydrogens (tertiary/aromatic N) is 1. The first kappa shape index (κ1) is 20.0. The number of anilines is 1. The fourth-order valence-corrected chi connectivity index (χ4v) is 2.96. The predicted octanol–water partition coefficient (Wildman–Crippen LogP) is 4.05. The molecule has 0 fully saturated rings. The normalized spacial score (nSPS) is 10.6. The number of ether oxygens (including phenoxy) is 1. The number of likely N-dealkylation sites (N-methyl/N-ethyl adjacent to an activating group) is 1. The van der Waals surface area contributed by atoms with Crippen LogP contribution in [-0.4, -0.2) is 43.3 Å². The van der Waals surface area contributed by atoms with Crippen molar-refractivity contribution in [3.05, 3.63) is 67.0 Å². The smallest absolute Gasteiger partial charge is 0.238 e. The van der Waals surface area contributed by atoms with Crippen LogP contribution >= 0.6 is 11.8 Å². The molecule has 4 nitrogen and oxygen atoms in total. The number of halogens is 1. The van der Waals surface area contributed by atoms with Gasteiger partial charge in [-0.1, -0.05) is 18.2 Å². The van der Waals surface area contributed by atoms with Crippen molar-refractivity contribution in [2.24, 2.45) is 0 Å². The van der Waals surface area contributed by atoms with Gasteiger partial charge in [-0.15, -0.1) is 18.3 Å². The second kappa shape index (κ2) is 10.6. The van der Waals surface area contributed by atoms with E-state index in [9.17, 15) is 9.18 Å². The van der Waals surface area contributed by atoms with Crippen molar-refractivity contribution in [3.63, 3.8) is 0 Å². The third-order valence-electron chi connectivity index (χ3n) is 3.49. The second-order valence-corrected chi connectivity index (χ2v) is 6.75. The summed E-state index contributed by atoms with van der Waals surface area (Å²) in [6, 6.07) is 13.6. The van der Waals surface area contributed by atoms with Gasteiger partial charge in [-0.05, 0) is 43.4 Å². The molecule has 2 aromatic rings. The Labute approximate surface area is 158 Å². The average Bonchev–Trinajstić information content (AvgIpc) is 2.62. The average molecular weight is 374 g/mol. The molecule has 2 aromatic carbocycles. The van der Waals surface area contributed by atoms with E-state index >= 15 is 0 Å². The lowest BCUT2D eigenvalue weighted by Crippen LogP contribution is -2.33. The number of thioether (sulfide) groups is 1. The second-order valence-electron chi connectivity index (χ2n) is 5.68. The summed E-state index contributed by atoms with van der Waals surface area (Å²) in [5, 5.41) is 2.95. The maximum absolute atomic E-state index is 12.8. The standard InChI is InChI=1S/C20H23FN2O2S/c1-3-14-26-19-7-5-4-6-18(19)22-20(24)15-23(2)12-13-25-17-10-8-16(21)9-11-17/h3-11H,1,12-15H2,2H3,(H,22,24). The summed E-state index contributed by atoms with van der Waals surface area (Å²) in [5.41, 5.74) is 0.806. The van der Waals surface area contributed by atoms with Crippen molar-refractivity contribution in [2.75, 3.05) is 37.8 Å². The third-order valence-corrected chi connectivity index (χ3v) is 4.56. The van der Waals surface area contributed by atoms with Crippen molar-refractivity contribution in [3.8, 4) is 5.75 Å². The van der Waals surface area contributed by atoms with Crippen LogP contribution in [-0.2, 0) is 4.79 Å². The first-order chi connectivity index (χ1) is 12.6. The highest BCUT2D eigenvalue weighted by atomic mass is 32.2. The molecule has 2 rings (SSSR count). The van der Waals surface area contributed by atoms with Crippen molar-refractivity contribution in [2.45, 2.75) is 4.90 Å². The van der Waals surface area contributed by atoms with E-state index in [0.29, 0.717) is 18.9 Å². The minimum absolute atomic E-state index is 0.0825. The number of carbonyl (C=O) groups excluding carboxylic acids is 1. The summed E-state index contributed by atoms with van der Waals surface area (Å²) in [6.07, 6.45) is 1.83. The van der Waals surface area contributed by atoms with E-state index in [4.69, 9.17) is 4.74 Å². The van der Waals surface area contributed by atoms with Crippen LogP contribution in [0.15, 0.2) is 66.1 Å². The molecule has 0 aliphatic rings. The molecule has 0 atom stereocenters. The fraction of sp³-hybridized carbons (Fsp3) is 0.250. The van der Waals surface area contributed by atoms with Crippen molar-refractivity contribution in [1.29, 1.82) is 0 Å². The number of benzene rings is 2. The van der Waals surface area contributed by atoms with E-state index < -0.39 is 0 Å². The summed E-state index contributed by atoms with van der Waals surface area (Å²) in [6.45, 7) is 4.97. The van der Waals surface area contributed by atoms with Gasteiger partial charge in [-0.2, -0.15) is 0 Å². The topological polar surface area (TPSA) is 41.6 Å². The Morgan fingerprint density at radius 3 is 2.73 bits per heavy atom. The molecule has 6 heteroatoms. The Balaban J connectivity index is 1.76. The molecule has 0 heterocycles. The summed E-state index contributed by atoms with van der Waals surface area (Å²) >= 11 is 1.63. The number of para-hydroxylation sites is 1. The Bertz CT molecular complexity index is 722. The minimum atomic E-state index is -0.294. The van der Waals surface area contributed by atoms with E-state index in [-0.39, 0.29) is 18.3 Å². The van der Waals surface area contributed by atoms with Gasteiger partial charge in [0.2, 0.25) is 5.91 Å². The molecule has 138 valence electrons. The first-order valence-electron chi connectivity index (χ1n) is 8.28. The van der Waals surface area contributed by atoms with Crippen LogP contribution in [0, 0.1) is 5.82 Å². The highest BCUT2D eigenvalue weighted by molar-refractivity contribution is 7.99. The summed E-state index contributed by atoms with van der Waals surface area (Å²) in [7, 11) is 1.85. The van der Waals surface area contributed by atoms with Gasteiger partial charge in [0.15, 0.2) is 0 Å². The maximum atomic E-state index is 12.8. The fourth-order valence-electron chi connectivity index (χ4n) is 2.21. The molecule has 0 radical (unpaired) electrons. The molecule has 0 aliphatic carbocycles. The van der Waals surface area contributed by atoms with Gasteiger partial charge < -0.3 is 10.1 Å². The molecular weight excluding hydrogens is 351 g/mol. The summed E-state index contributed by atoms with van der Waals surface area (Å²) in [4.78, 5) is 15.1.